The van der Waals surface area contributed by atoms with Gasteiger partial charge >= 0.3 is 0 Å². The van der Waals surface area contributed by atoms with Crippen molar-refractivity contribution >= 4 is 38.1 Å². The summed E-state index contributed by atoms with van der Waals surface area (Å²) in [6.07, 6.45) is 0. The second kappa shape index (κ2) is 4.86. The predicted octanol–water partition coefficient (Wildman–Crippen LogP) is 6.81. The summed E-state index contributed by atoms with van der Waals surface area (Å²) in [4.78, 5) is 0. The Bertz CT molecular complexity index is 1330. The second-order valence-electron chi connectivity index (χ2n) is 7.16. The number of hydrogen-bond acceptors (Lipinski definition) is 0. The lowest BCUT2D eigenvalue weighted by atomic mass is 9.99. The molecule has 26 heavy (non-hydrogen) atoms. The van der Waals surface area contributed by atoms with Gasteiger partial charge in [-0.1, -0.05) is 66.2 Å². The first-order valence-corrected chi connectivity index (χ1v) is 9.05. The van der Waals surface area contributed by atoms with Gasteiger partial charge in [-0.15, -0.1) is 0 Å². The Labute approximate surface area is 151 Å². The molecule has 6 aromatic rings. The van der Waals surface area contributed by atoms with Crippen molar-refractivity contribution in [2.75, 3.05) is 0 Å². The van der Waals surface area contributed by atoms with Crippen molar-refractivity contribution in [1.82, 2.24) is 4.40 Å². The summed E-state index contributed by atoms with van der Waals surface area (Å²) in [6.45, 7) is 2.14. The zero-order chi connectivity index (χ0) is 17.3. The molecule has 0 spiro atoms. The molecule has 2 aromatic heterocycles. The van der Waals surface area contributed by atoms with Gasteiger partial charge < -0.3 is 4.40 Å². The molecule has 0 fully saturated rings. The second-order valence-corrected chi connectivity index (χ2v) is 7.16. The van der Waals surface area contributed by atoms with Crippen molar-refractivity contribution < 1.29 is 0 Å². The third kappa shape index (κ3) is 1.70. The Morgan fingerprint density at radius 3 is 1.65 bits per heavy atom. The zero-order valence-corrected chi connectivity index (χ0v) is 14.5. The van der Waals surface area contributed by atoms with Crippen LogP contribution >= 0.6 is 0 Å². The lowest BCUT2D eigenvalue weighted by Crippen LogP contribution is -1.80. The van der Waals surface area contributed by atoms with Gasteiger partial charge in [0.05, 0.1) is 16.6 Å². The fourth-order valence-electron chi connectivity index (χ4n) is 4.36. The minimum absolute atomic E-state index is 1.27. The Morgan fingerprint density at radius 2 is 1.08 bits per heavy atom. The van der Waals surface area contributed by atoms with Gasteiger partial charge in [-0.3, -0.25) is 0 Å². The summed E-state index contributed by atoms with van der Waals surface area (Å²) in [5, 5.41) is 5.33. The van der Waals surface area contributed by atoms with Crippen molar-refractivity contribution in [2.24, 2.45) is 0 Å². The van der Waals surface area contributed by atoms with Gasteiger partial charge in [0.25, 0.3) is 0 Å². The smallest absolute Gasteiger partial charge is 0.0620 e. The first-order valence-electron chi connectivity index (χ1n) is 9.05. The lowest BCUT2D eigenvalue weighted by Gasteiger charge is -2.04. The van der Waals surface area contributed by atoms with E-state index < -0.39 is 0 Å². The maximum absolute atomic E-state index is 2.42. The molecule has 0 saturated heterocycles. The van der Waals surface area contributed by atoms with E-state index in [4.69, 9.17) is 0 Å². The average Bonchev–Trinajstić information content (AvgIpc) is 3.20. The van der Waals surface area contributed by atoms with Crippen LogP contribution in [-0.2, 0) is 0 Å². The number of para-hydroxylation sites is 2. The first kappa shape index (κ1) is 13.9. The van der Waals surface area contributed by atoms with Gasteiger partial charge in [0, 0.05) is 21.5 Å². The van der Waals surface area contributed by atoms with Gasteiger partial charge in [0.1, 0.15) is 0 Å². The maximum Gasteiger partial charge on any atom is 0.0620 e. The fraction of sp³-hybridized carbons (Fsp3) is 0.0400. The van der Waals surface area contributed by atoms with E-state index in [1.165, 1.54) is 54.8 Å². The highest BCUT2D eigenvalue weighted by Crippen LogP contribution is 2.41. The van der Waals surface area contributed by atoms with E-state index >= 15 is 0 Å². The molecule has 2 heterocycles. The van der Waals surface area contributed by atoms with Crippen LogP contribution in [0.3, 0.4) is 0 Å². The molecule has 6 rings (SSSR count). The van der Waals surface area contributed by atoms with E-state index in [1.54, 1.807) is 0 Å². The zero-order valence-electron chi connectivity index (χ0n) is 14.5. The molecule has 4 aromatic carbocycles. The Kier molecular flexibility index (Phi) is 2.60. The molecule has 0 aliphatic carbocycles. The van der Waals surface area contributed by atoms with Crippen molar-refractivity contribution in [1.29, 1.82) is 0 Å². The van der Waals surface area contributed by atoms with E-state index in [9.17, 15) is 0 Å². The molecule has 0 aliphatic rings. The summed E-state index contributed by atoms with van der Waals surface area (Å²) in [7, 11) is 0. The van der Waals surface area contributed by atoms with Crippen molar-refractivity contribution in [3.63, 3.8) is 0 Å². The molecular formula is C25H17N. The highest BCUT2D eigenvalue weighted by atomic mass is 14.9. The van der Waals surface area contributed by atoms with Crippen LogP contribution in [0.1, 0.15) is 5.56 Å². The minimum Gasteiger partial charge on any atom is -0.308 e. The summed E-state index contributed by atoms with van der Waals surface area (Å²) >= 11 is 0. The number of benzene rings is 4. The van der Waals surface area contributed by atoms with Crippen LogP contribution in [0.2, 0.25) is 0 Å². The van der Waals surface area contributed by atoms with Gasteiger partial charge in [-0.2, -0.15) is 0 Å². The van der Waals surface area contributed by atoms with Crippen LogP contribution in [0.25, 0.3) is 49.2 Å². The van der Waals surface area contributed by atoms with Crippen LogP contribution in [0.5, 0.6) is 0 Å². The molecule has 122 valence electrons. The number of aromatic nitrogens is 1. The Morgan fingerprint density at radius 1 is 0.538 bits per heavy atom. The van der Waals surface area contributed by atoms with Crippen LogP contribution in [-0.4, -0.2) is 4.40 Å². The van der Waals surface area contributed by atoms with E-state index in [0.717, 1.165) is 0 Å². The molecule has 0 atom stereocenters. The van der Waals surface area contributed by atoms with Crippen molar-refractivity contribution in [2.45, 2.75) is 6.92 Å². The molecule has 0 unspecified atom stereocenters. The van der Waals surface area contributed by atoms with Gasteiger partial charge in [0.2, 0.25) is 0 Å². The fourth-order valence-corrected chi connectivity index (χ4v) is 4.36. The maximum atomic E-state index is 2.42. The lowest BCUT2D eigenvalue weighted by molar-refractivity contribution is 1.37. The van der Waals surface area contributed by atoms with E-state index in [1.807, 2.05) is 0 Å². The Balaban J connectivity index is 1.87. The molecule has 0 aliphatic heterocycles. The summed E-state index contributed by atoms with van der Waals surface area (Å²) in [5.41, 5.74) is 7.76. The minimum atomic E-state index is 1.27. The molecule has 0 saturated carbocycles. The standard InChI is InChI=1S/C25H17N/c1-16-10-12-17(13-11-16)18-14-21-19-6-2-4-8-23(19)26-24-9-5-3-7-20(24)22(15-18)25(21)26/h2-15H,1H3. The van der Waals surface area contributed by atoms with Crippen LogP contribution in [0, 0.1) is 6.92 Å². The molecule has 1 nitrogen and oxygen atoms in total. The number of rotatable bonds is 1. The quantitative estimate of drug-likeness (QED) is 0.312. The molecule has 0 bridgehead atoms. The Hall–Kier alpha value is -3.32. The number of nitrogens with zero attached hydrogens (tertiary/aromatic N) is 1. The van der Waals surface area contributed by atoms with Crippen molar-refractivity contribution in [3.05, 3.63) is 90.5 Å². The summed E-state index contributed by atoms with van der Waals surface area (Å²) in [6, 6.07) is 31.0. The molecule has 0 amide bonds. The molecule has 0 radical (unpaired) electrons. The first-order chi connectivity index (χ1) is 12.8. The van der Waals surface area contributed by atoms with Gasteiger partial charge in [-0.05, 0) is 42.3 Å². The predicted molar refractivity (Wildman–Crippen MR) is 111 cm³/mol. The van der Waals surface area contributed by atoms with Crippen LogP contribution in [0.4, 0.5) is 0 Å². The van der Waals surface area contributed by atoms with Crippen LogP contribution < -0.4 is 0 Å². The van der Waals surface area contributed by atoms with E-state index in [0.29, 0.717) is 0 Å². The molecule has 1 heteroatoms. The topological polar surface area (TPSA) is 4.41 Å². The third-order valence-electron chi connectivity index (χ3n) is 5.59. The summed E-state index contributed by atoms with van der Waals surface area (Å²) in [5.74, 6) is 0. The number of fused-ring (bicyclic) bond motifs is 6. The van der Waals surface area contributed by atoms with E-state index in [2.05, 4.69) is 96.3 Å². The van der Waals surface area contributed by atoms with Crippen molar-refractivity contribution in [3.8, 4) is 11.1 Å². The molecular weight excluding hydrogens is 314 g/mol. The highest BCUT2D eigenvalue weighted by molar-refractivity contribution is 6.24. The average molecular weight is 331 g/mol. The SMILES string of the molecule is Cc1ccc(-c2cc3c4ccccc4n4c5ccccc5c(c2)c34)cc1. The number of aryl methyl sites for hydroxylation is 1. The van der Waals surface area contributed by atoms with Crippen LogP contribution in [0.15, 0.2) is 84.9 Å². The monoisotopic (exact) mass is 331 g/mol. The van der Waals surface area contributed by atoms with Gasteiger partial charge in [0.15, 0.2) is 0 Å². The highest BCUT2D eigenvalue weighted by Gasteiger charge is 2.17. The number of hydrogen-bond donors (Lipinski definition) is 0. The summed E-state index contributed by atoms with van der Waals surface area (Å²) < 4.78 is 2.42. The normalized spacial score (nSPS) is 12.0. The van der Waals surface area contributed by atoms with Gasteiger partial charge in [-0.25, -0.2) is 0 Å². The molecule has 0 N–H and O–H groups in total. The third-order valence-corrected chi connectivity index (χ3v) is 5.59. The van der Waals surface area contributed by atoms with E-state index in [-0.39, 0.29) is 0 Å². The largest absolute Gasteiger partial charge is 0.308 e.